The van der Waals surface area contributed by atoms with E-state index in [1.165, 1.54) is 18.4 Å². The molecule has 1 aliphatic carbocycles. The molecule has 1 heteroatoms. The zero-order valence-electron chi connectivity index (χ0n) is 6.86. The third-order valence-electron chi connectivity index (χ3n) is 2.26. The lowest BCUT2D eigenvalue weighted by molar-refractivity contribution is -0.104. The van der Waals surface area contributed by atoms with Crippen LogP contribution in [0.2, 0.25) is 0 Å². The van der Waals surface area contributed by atoms with E-state index in [1.54, 1.807) is 6.42 Å². The van der Waals surface area contributed by atoms with Gasteiger partial charge in [-0.15, -0.1) is 0 Å². The largest absolute Gasteiger partial charge is 0.303 e. The second-order valence-corrected chi connectivity index (χ2v) is 3.21. The van der Waals surface area contributed by atoms with Crippen molar-refractivity contribution in [1.82, 2.24) is 0 Å². The van der Waals surface area contributed by atoms with Crippen molar-refractivity contribution in [2.75, 3.05) is 0 Å². The van der Waals surface area contributed by atoms with Crippen LogP contribution in [0, 0.1) is 6.42 Å². The second-order valence-electron chi connectivity index (χ2n) is 3.21. The molecule has 0 aliphatic heterocycles. The Morgan fingerprint density at radius 2 is 2.00 bits per heavy atom. The zero-order valence-corrected chi connectivity index (χ0v) is 6.86. The molecule has 0 aromatic heterocycles. The highest BCUT2D eigenvalue weighted by atomic mass is 16.1. The fraction of sp³-hybridized carbons (Fsp3) is 0.273. The summed E-state index contributed by atoms with van der Waals surface area (Å²) in [5.41, 5.74) is 2.43. The maximum absolute atomic E-state index is 10.3. The van der Waals surface area contributed by atoms with E-state index in [-0.39, 0.29) is 0 Å². The summed E-state index contributed by atoms with van der Waals surface area (Å²) < 4.78 is 0. The molecule has 1 saturated carbocycles. The summed E-state index contributed by atoms with van der Waals surface area (Å²) in [4.78, 5) is 10.3. The van der Waals surface area contributed by atoms with Crippen molar-refractivity contribution in [3.63, 3.8) is 0 Å². The van der Waals surface area contributed by atoms with Crippen molar-refractivity contribution < 1.29 is 4.79 Å². The van der Waals surface area contributed by atoms with Crippen LogP contribution in [-0.2, 0) is 4.79 Å². The van der Waals surface area contributed by atoms with Crippen LogP contribution in [-0.4, -0.2) is 6.29 Å². The van der Waals surface area contributed by atoms with Gasteiger partial charge in [0.15, 0.2) is 0 Å². The second kappa shape index (κ2) is 3.10. The molecule has 0 atom stereocenters. The first-order valence-electron chi connectivity index (χ1n) is 4.29. The Morgan fingerprint density at radius 1 is 1.25 bits per heavy atom. The molecular weight excluding hydrogens is 148 g/mol. The predicted molar refractivity (Wildman–Crippen MR) is 47.9 cm³/mol. The number of rotatable bonds is 3. The summed E-state index contributed by atoms with van der Waals surface area (Å²) in [7, 11) is 0. The lowest BCUT2D eigenvalue weighted by Gasteiger charge is -2.03. The van der Waals surface area contributed by atoms with Crippen LogP contribution in [0.3, 0.4) is 0 Å². The summed E-state index contributed by atoms with van der Waals surface area (Å²) in [6, 6.07) is 8.13. The average Bonchev–Trinajstić information content (AvgIpc) is 2.89. The fourth-order valence-corrected chi connectivity index (χ4v) is 1.50. The lowest BCUT2D eigenvalue weighted by atomic mass is 10.0. The maximum atomic E-state index is 10.3. The Labute approximate surface area is 72.4 Å². The molecule has 1 aromatic carbocycles. The average molecular weight is 159 g/mol. The van der Waals surface area contributed by atoms with Gasteiger partial charge in [0.05, 0.1) is 6.42 Å². The van der Waals surface area contributed by atoms with Gasteiger partial charge in [0.1, 0.15) is 6.29 Å². The van der Waals surface area contributed by atoms with Crippen LogP contribution in [0.4, 0.5) is 0 Å². The van der Waals surface area contributed by atoms with Gasteiger partial charge in [-0.2, -0.15) is 0 Å². The Kier molecular flexibility index (Phi) is 1.94. The van der Waals surface area contributed by atoms with Gasteiger partial charge < -0.3 is 4.79 Å². The molecule has 1 aromatic rings. The first kappa shape index (κ1) is 7.53. The number of hydrogen-bond donors (Lipinski definition) is 0. The minimum Gasteiger partial charge on any atom is -0.303 e. The van der Waals surface area contributed by atoms with E-state index < -0.39 is 0 Å². The van der Waals surface area contributed by atoms with E-state index in [4.69, 9.17) is 0 Å². The molecule has 0 unspecified atom stereocenters. The van der Waals surface area contributed by atoms with Crippen molar-refractivity contribution in [3.8, 4) is 0 Å². The molecule has 1 nitrogen and oxygen atoms in total. The molecule has 0 bridgehead atoms. The molecule has 0 N–H and O–H groups in total. The first-order chi connectivity index (χ1) is 5.92. The molecule has 2 rings (SSSR count). The van der Waals surface area contributed by atoms with Gasteiger partial charge in [-0.3, -0.25) is 0 Å². The first-order valence-corrected chi connectivity index (χ1v) is 4.29. The standard InChI is InChI=1S/C11H11O/c12-8-7-9-3-1-2-4-11(9)10-5-6-10/h1-4,7-8,10H,5-6H2. The Morgan fingerprint density at radius 3 is 2.67 bits per heavy atom. The third kappa shape index (κ3) is 1.40. The maximum Gasteiger partial charge on any atom is 0.128 e. The summed E-state index contributed by atoms with van der Waals surface area (Å²) in [6.45, 7) is 0. The number of aldehydes is 1. The van der Waals surface area contributed by atoms with Crippen LogP contribution in [0.15, 0.2) is 24.3 Å². The zero-order chi connectivity index (χ0) is 8.39. The van der Waals surface area contributed by atoms with Gasteiger partial charge in [0, 0.05) is 0 Å². The molecule has 0 saturated heterocycles. The van der Waals surface area contributed by atoms with Crippen molar-refractivity contribution >= 4 is 6.29 Å². The molecule has 0 amide bonds. The van der Waals surface area contributed by atoms with E-state index >= 15 is 0 Å². The van der Waals surface area contributed by atoms with Gasteiger partial charge >= 0.3 is 0 Å². The quantitative estimate of drug-likeness (QED) is 0.618. The molecule has 12 heavy (non-hydrogen) atoms. The van der Waals surface area contributed by atoms with Crippen molar-refractivity contribution in [3.05, 3.63) is 41.8 Å². The Hall–Kier alpha value is -1.11. The highest BCUT2D eigenvalue weighted by molar-refractivity contribution is 5.69. The van der Waals surface area contributed by atoms with Crippen molar-refractivity contribution in [2.45, 2.75) is 18.8 Å². The highest BCUT2D eigenvalue weighted by Crippen LogP contribution is 2.41. The summed E-state index contributed by atoms with van der Waals surface area (Å²) >= 11 is 0. The smallest absolute Gasteiger partial charge is 0.128 e. The number of benzene rings is 1. The van der Waals surface area contributed by atoms with Gasteiger partial charge in [-0.1, -0.05) is 24.3 Å². The number of hydrogen-bond acceptors (Lipinski definition) is 1. The lowest BCUT2D eigenvalue weighted by Crippen LogP contribution is -1.90. The Balaban J connectivity index is 2.29. The molecule has 1 aliphatic rings. The molecule has 1 fully saturated rings. The monoisotopic (exact) mass is 159 g/mol. The summed E-state index contributed by atoms with van der Waals surface area (Å²) in [5.74, 6) is 0.720. The Bertz CT molecular complexity index is 287. The van der Waals surface area contributed by atoms with E-state index in [9.17, 15) is 4.79 Å². The minimum absolute atomic E-state index is 0.720. The van der Waals surface area contributed by atoms with E-state index in [0.29, 0.717) is 0 Å². The van der Waals surface area contributed by atoms with Crippen molar-refractivity contribution in [2.24, 2.45) is 0 Å². The summed E-state index contributed by atoms with van der Waals surface area (Å²) in [5, 5.41) is 0. The molecular formula is C11H11O. The van der Waals surface area contributed by atoms with Crippen LogP contribution in [0.25, 0.3) is 0 Å². The third-order valence-corrected chi connectivity index (χ3v) is 2.26. The van der Waals surface area contributed by atoms with E-state index in [1.807, 2.05) is 18.2 Å². The fourth-order valence-electron chi connectivity index (χ4n) is 1.50. The predicted octanol–water partition coefficient (Wildman–Crippen LogP) is 2.32. The number of carbonyl (C=O) groups excluding carboxylic acids is 1. The van der Waals surface area contributed by atoms with Crippen molar-refractivity contribution in [1.29, 1.82) is 0 Å². The topological polar surface area (TPSA) is 17.1 Å². The molecule has 61 valence electrons. The normalized spacial score (nSPS) is 16.0. The SMILES string of the molecule is O=C[CH]c1ccccc1C1CC1. The van der Waals surface area contributed by atoms with Crippen LogP contribution < -0.4 is 0 Å². The van der Waals surface area contributed by atoms with Crippen LogP contribution in [0.1, 0.15) is 29.9 Å². The van der Waals surface area contributed by atoms with Gasteiger partial charge in [0.2, 0.25) is 0 Å². The number of carbonyl (C=O) groups is 1. The van der Waals surface area contributed by atoms with Gasteiger partial charge in [-0.05, 0) is 29.9 Å². The van der Waals surface area contributed by atoms with Crippen LogP contribution in [0.5, 0.6) is 0 Å². The van der Waals surface area contributed by atoms with Crippen LogP contribution >= 0.6 is 0 Å². The minimum atomic E-state index is 0.720. The highest BCUT2D eigenvalue weighted by Gasteiger charge is 2.25. The van der Waals surface area contributed by atoms with E-state index in [0.717, 1.165) is 17.8 Å². The van der Waals surface area contributed by atoms with E-state index in [2.05, 4.69) is 6.07 Å². The van der Waals surface area contributed by atoms with Gasteiger partial charge in [0.25, 0.3) is 0 Å². The molecule has 0 spiro atoms. The molecule has 0 heterocycles. The van der Waals surface area contributed by atoms with Gasteiger partial charge in [-0.25, -0.2) is 0 Å². The summed E-state index contributed by atoms with van der Waals surface area (Å²) in [6.07, 6.45) is 5.07. The molecule has 1 radical (unpaired) electrons.